The summed E-state index contributed by atoms with van der Waals surface area (Å²) in [6.45, 7) is 6.67. The van der Waals surface area contributed by atoms with Crippen LogP contribution in [-0.2, 0) is 22.6 Å². The molecule has 0 bridgehead atoms. The zero-order valence-electron chi connectivity index (χ0n) is 14.6. The normalized spacial score (nSPS) is 12.4. The number of benzene rings is 1. The molecule has 4 nitrogen and oxygen atoms in total. The van der Waals surface area contributed by atoms with Crippen molar-refractivity contribution in [3.8, 4) is 0 Å². The fourth-order valence-electron chi connectivity index (χ4n) is 2.89. The number of esters is 1. The molecule has 0 saturated heterocycles. The zero-order valence-corrected chi connectivity index (χ0v) is 14.6. The summed E-state index contributed by atoms with van der Waals surface area (Å²) in [4.78, 5) is 12.8. The van der Waals surface area contributed by atoms with Crippen LogP contribution in [0.4, 0.5) is 4.39 Å². The smallest absolute Gasteiger partial charge is 0.361 e. The molecule has 0 aliphatic carbocycles. The molecule has 1 aromatic heterocycles. The van der Waals surface area contributed by atoms with Crippen LogP contribution in [0, 0.1) is 11.7 Å². The van der Waals surface area contributed by atoms with E-state index in [2.05, 4.69) is 13.8 Å². The molecule has 0 fully saturated rings. The molecule has 0 aliphatic rings. The second-order valence-corrected chi connectivity index (χ2v) is 6.50. The SMILES string of the molecule is COC(=O)C[NH+](Cc1cccn1Cc1ccccc1F)CC(C)C. The number of hydrogen-bond donors (Lipinski definition) is 1. The Labute approximate surface area is 142 Å². The largest absolute Gasteiger partial charge is 0.465 e. The Morgan fingerprint density at radius 3 is 2.67 bits per heavy atom. The molecule has 5 heteroatoms. The summed E-state index contributed by atoms with van der Waals surface area (Å²) in [5.41, 5.74) is 1.74. The van der Waals surface area contributed by atoms with Gasteiger partial charge in [-0.1, -0.05) is 32.0 Å². The van der Waals surface area contributed by atoms with E-state index in [9.17, 15) is 9.18 Å². The van der Waals surface area contributed by atoms with Gasteiger partial charge in [-0.3, -0.25) is 0 Å². The van der Waals surface area contributed by atoms with Gasteiger partial charge in [-0.05, 0) is 18.2 Å². The summed E-state index contributed by atoms with van der Waals surface area (Å²) in [6.07, 6.45) is 1.95. The minimum absolute atomic E-state index is 0.196. The minimum Gasteiger partial charge on any atom is -0.465 e. The third-order valence-corrected chi connectivity index (χ3v) is 3.97. The summed E-state index contributed by atoms with van der Waals surface area (Å²) < 4.78 is 20.7. The number of carbonyl (C=O) groups is 1. The first kappa shape index (κ1) is 18.2. The number of aromatic nitrogens is 1. The number of quaternary nitrogens is 1. The molecule has 0 radical (unpaired) electrons. The van der Waals surface area contributed by atoms with Gasteiger partial charge in [-0.2, -0.15) is 0 Å². The van der Waals surface area contributed by atoms with E-state index in [4.69, 9.17) is 4.74 Å². The monoisotopic (exact) mass is 333 g/mol. The van der Waals surface area contributed by atoms with Gasteiger partial charge in [0, 0.05) is 17.7 Å². The van der Waals surface area contributed by atoms with E-state index in [1.165, 1.54) is 13.2 Å². The van der Waals surface area contributed by atoms with E-state index in [0.717, 1.165) is 17.1 Å². The second-order valence-electron chi connectivity index (χ2n) is 6.50. The van der Waals surface area contributed by atoms with Gasteiger partial charge in [0.2, 0.25) is 0 Å². The summed E-state index contributed by atoms with van der Waals surface area (Å²) in [7, 11) is 1.41. The maximum absolute atomic E-state index is 13.9. The minimum atomic E-state index is -0.210. The highest BCUT2D eigenvalue weighted by molar-refractivity contribution is 5.70. The number of nitrogens with zero attached hydrogens (tertiary/aromatic N) is 1. The highest BCUT2D eigenvalue weighted by atomic mass is 19.1. The zero-order chi connectivity index (χ0) is 17.5. The van der Waals surface area contributed by atoms with Crippen molar-refractivity contribution in [2.45, 2.75) is 26.9 Å². The van der Waals surface area contributed by atoms with Crippen LogP contribution in [0.25, 0.3) is 0 Å². The summed E-state index contributed by atoms with van der Waals surface area (Å²) in [6, 6.07) is 10.8. The van der Waals surface area contributed by atoms with E-state index >= 15 is 0 Å². The maximum atomic E-state index is 13.9. The number of methoxy groups -OCH3 is 1. The van der Waals surface area contributed by atoms with Gasteiger partial charge in [0.1, 0.15) is 12.4 Å². The molecule has 1 aromatic carbocycles. The fourth-order valence-corrected chi connectivity index (χ4v) is 2.89. The van der Waals surface area contributed by atoms with Gasteiger partial charge in [0.15, 0.2) is 6.54 Å². The molecule has 0 saturated carbocycles. The van der Waals surface area contributed by atoms with Crippen LogP contribution < -0.4 is 4.90 Å². The Hall–Kier alpha value is -2.14. The first-order valence-electron chi connectivity index (χ1n) is 8.27. The molecular weight excluding hydrogens is 307 g/mol. The first-order valence-corrected chi connectivity index (χ1v) is 8.27. The Morgan fingerprint density at radius 1 is 1.25 bits per heavy atom. The second kappa shape index (κ2) is 8.64. The quantitative estimate of drug-likeness (QED) is 0.749. The number of carbonyl (C=O) groups excluding carboxylic acids is 1. The van der Waals surface area contributed by atoms with Crippen molar-refractivity contribution in [3.63, 3.8) is 0 Å². The fraction of sp³-hybridized carbons (Fsp3) is 0.421. The first-order chi connectivity index (χ1) is 11.5. The van der Waals surface area contributed by atoms with Crippen LogP contribution in [0.1, 0.15) is 25.1 Å². The highest BCUT2D eigenvalue weighted by Gasteiger charge is 2.18. The van der Waals surface area contributed by atoms with Crippen LogP contribution in [-0.4, -0.2) is 30.7 Å². The molecular formula is C19H26FN2O2+. The molecule has 1 unspecified atom stereocenters. The summed E-state index contributed by atoms with van der Waals surface area (Å²) in [5, 5.41) is 0. The summed E-state index contributed by atoms with van der Waals surface area (Å²) in [5.74, 6) is 0.0654. The van der Waals surface area contributed by atoms with Crippen molar-refractivity contribution >= 4 is 5.97 Å². The van der Waals surface area contributed by atoms with Crippen LogP contribution in [0.15, 0.2) is 42.6 Å². The standard InChI is InChI=1S/C19H25FN2O2/c1-15(2)11-21(14-19(23)24-3)13-17-8-6-10-22(17)12-16-7-4-5-9-18(16)20/h4-10,15H,11-14H2,1-3H3/p+1. The number of nitrogens with one attached hydrogen (secondary N) is 1. The van der Waals surface area contributed by atoms with Crippen molar-refractivity contribution in [2.24, 2.45) is 5.92 Å². The number of rotatable bonds is 8. The Kier molecular flexibility index (Phi) is 6.55. The van der Waals surface area contributed by atoms with Gasteiger partial charge < -0.3 is 14.2 Å². The lowest BCUT2D eigenvalue weighted by Gasteiger charge is -2.21. The Bertz CT molecular complexity index is 667. The molecule has 2 aromatic rings. The van der Waals surface area contributed by atoms with Gasteiger partial charge in [0.05, 0.1) is 25.9 Å². The third-order valence-electron chi connectivity index (χ3n) is 3.97. The number of ether oxygens (including phenoxy) is 1. The molecule has 0 amide bonds. The van der Waals surface area contributed by atoms with Crippen LogP contribution in [0.3, 0.4) is 0 Å². The molecule has 2 rings (SSSR count). The van der Waals surface area contributed by atoms with E-state index in [1.807, 2.05) is 29.0 Å². The molecule has 24 heavy (non-hydrogen) atoms. The Balaban J connectivity index is 2.12. The lowest BCUT2D eigenvalue weighted by atomic mass is 10.2. The highest BCUT2D eigenvalue weighted by Crippen LogP contribution is 2.11. The van der Waals surface area contributed by atoms with Crippen LogP contribution in [0.5, 0.6) is 0 Å². The number of halogens is 1. The maximum Gasteiger partial charge on any atom is 0.361 e. The lowest BCUT2D eigenvalue weighted by Crippen LogP contribution is -3.12. The van der Waals surface area contributed by atoms with E-state index < -0.39 is 0 Å². The van der Waals surface area contributed by atoms with Crippen molar-refractivity contribution in [2.75, 3.05) is 20.2 Å². The van der Waals surface area contributed by atoms with Crippen molar-refractivity contribution in [1.82, 2.24) is 4.57 Å². The van der Waals surface area contributed by atoms with Crippen molar-refractivity contribution in [3.05, 3.63) is 59.7 Å². The average molecular weight is 333 g/mol. The van der Waals surface area contributed by atoms with Gasteiger partial charge in [-0.25, -0.2) is 9.18 Å². The van der Waals surface area contributed by atoms with E-state index in [0.29, 0.717) is 31.1 Å². The van der Waals surface area contributed by atoms with Crippen molar-refractivity contribution in [1.29, 1.82) is 0 Å². The van der Waals surface area contributed by atoms with Crippen LogP contribution in [0.2, 0.25) is 0 Å². The van der Waals surface area contributed by atoms with E-state index in [1.54, 1.807) is 12.1 Å². The predicted molar refractivity (Wildman–Crippen MR) is 91.2 cm³/mol. The molecule has 1 heterocycles. The molecule has 1 N–H and O–H groups in total. The lowest BCUT2D eigenvalue weighted by molar-refractivity contribution is -0.910. The average Bonchev–Trinajstić information content (AvgIpc) is 2.95. The van der Waals surface area contributed by atoms with Gasteiger partial charge in [0.25, 0.3) is 0 Å². The number of hydrogen-bond acceptors (Lipinski definition) is 2. The Morgan fingerprint density at radius 2 is 2.00 bits per heavy atom. The molecule has 1 atom stereocenters. The predicted octanol–water partition coefficient (Wildman–Crippen LogP) is 1.89. The topological polar surface area (TPSA) is 35.7 Å². The van der Waals surface area contributed by atoms with Crippen LogP contribution >= 0.6 is 0 Å². The molecule has 0 aliphatic heterocycles. The molecule has 130 valence electrons. The molecule has 0 spiro atoms. The third kappa shape index (κ3) is 5.20. The van der Waals surface area contributed by atoms with Crippen molar-refractivity contribution < 1.29 is 18.8 Å². The van der Waals surface area contributed by atoms with Gasteiger partial charge in [-0.15, -0.1) is 0 Å². The summed E-state index contributed by atoms with van der Waals surface area (Å²) >= 11 is 0. The van der Waals surface area contributed by atoms with Gasteiger partial charge >= 0.3 is 5.97 Å². The van der Waals surface area contributed by atoms with E-state index in [-0.39, 0.29) is 11.8 Å².